The van der Waals surface area contributed by atoms with E-state index in [2.05, 4.69) is 26.1 Å². The van der Waals surface area contributed by atoms with Crippen LogP contribution < -0.4 is 10.1 Å². The highest BCUT2D eigenvalue weighted by Gasteiger charge is 2.35. The van der Waals surface area contributed by atoms with Crippen molar-refractivity contribution in [3.8, 4) is 5.75 Å². The topological polar surface area (TPSA) is 38.3 Å². The average molecular weight is 289 g/mol. The van der Waals surface area contributed by atoms with Gasteiger partial charge in [0, 0.05) is 5.92 Å². The summed E-state index contributed by atoms with van der Waals surface area (Å²) in [5, 5.41) is 3.07. The lowest BCUT2D eigenvalue weighted by atomic mass is 9.70. The molecular weight excluding hydrogens is 262 g/mol. The van der Waals surface area contributed by atoms with E-state index in [1.807, 2.05) is 24.3 Å². The molecule has 1 aromatic rings. The summed E-state index contributed by atoms with van der Waals surface area (Å²) in [5.41, 5.74) is 0.769. The quantitative estimate of drug-likeness (QED) is 0.895. The fourth-order valence-corrected chi connectivity index (χ4v) is 3.48. The standard InChI is InChI=1S/C18H27NO2/c1-12(2)14-10-9-13(3)11-15(14)18(20)19-16-7-5-6-8-17(16)21-4/h5-8,12-15H,9-11H2,1-4H3,(H,19,20). The minimum Gasteiger partial charge on any atom is -0.495 e. The molecule has 2 rings (SSSR count). The molecule has 0 radical (unpaired) electrons. The molecule has 0 spiro atoms. The van der Waals surface area contributed by atoms with Gasteiger partial charge in [0.2, 0.25) is 5.91 Å². The Labute approximate surface area is 128 Å². The van der Waals surface area contributed by atoms with E-state index in [-0.39, 0.29) is 11.8 Å². The Bertz CT molecular complexity index is 484. The molecule has 0 bridgehead atoms. The number of rotatable bonds is 4. The molecule has 3 nitrogen and oxygen atoms in total. The van der Waals surface area contributed by atoms with E-state index in [1.165, 1.54) is 6.42 Å². The number of para-hydroxylation sites is 2. The molecule has 21 heavy (non-hydrogen) atoms. The molecule has 1 aromatic carbocycles. The number of carbonyl (C=O) groups excluding carboxylic acids is 1. The van der Waals surface area contributed by atoms with Crippen molar-refractivity contribution >= 4 is 11.6 Å². The van der Waals surface area contributed by atoms with Crippen LogP contribution in [0.3, 0.4) is 0 Å². The van der Waals surface area contributed by atoms with E-state index in [0.29, 0.717) is 17.8 Å². The summed E-state index contributed by atoms with van der Waals surface area (Å²) in [6.07, 6.45) is 3.38. The normalized spacial score (nSPS) is 25.7. The number of hydrogen-bond acceptors (Lipinski definition) is 2. The number of carbonyl (C=O) groups is 1. The zero-order valence-electron chi connectivity index (χ0n) is 13.6. The van der Waals surface area contributed by atoms with Crippen LogP contribution in [0, 0.1) is 23.7 Å². The van der Waals surface area contributed by atoms with Crippen LogP contribution in [0.15, 0.2) is 24.3 Å². The molecule has 0 heterocycles. The predicted octanol–water partition coefficient (Wildman–Crippen LogP) is 4.34. The number of nitrogens with one attached hydrogen (secondary N) is 1. The first-order valence-electron chi connectivity index (χ1n) is 7.96. The average Bonchev–Trinajstić information content (AvgIpc) is 2.47. The fraction of sp³-hybridized carbons (Fsp3) is 0.611. The fourth-order valence-electron chi connectivity index (χ4n) is 3.48. The Balaban J connectivity index is 2.13. The van der Waals surface area contributed by atoms with Gasteiger partial charge >= 0.3 is 0 Å². The third-order valence-corrected chi connectivity index (χ3v) is 4.72. The predicted molar refractivity (Wildman–Crippen MR) is 86.5 cm³/mol. The zero-order valence-corrected chi connectivity index (χ0v) is 13.6. The van der Waals surface area contributed by atoms with Crippen LogP contribution in [-0.4, -0.2) is 13.0 Å². The number of benzene rings is 1. The van der Waals surface area contributed by atoms with Crippen molar-refractivity contribution in [1.82, 2.24) is 0 Å². The first-order valence-corrected chi connectivity index (χ1v) is 7.96. The minimum atomic E-state index is 0.110. The SMILES string of the molecule is COc1ccccc1NC(=O)C1CC(C)CCC1C(C)C. The van der Waals surface area contributed by atoms with E-state index in [4.69, 9.17) is 4.74 Å². The Kier molecular flexibility index (Phi) is 5.27. The van der Waals surface area contributed by atoms with E-state index >= 15 is 0 Å². The van der Waals surface area contributed by atoms with Gasteiger partial charge in [0.25, 0.3) is 0 Å². The van der Waals surface area contributed by atoms with Gasteiger partial charge in [-0.2, -0.15) is 0 Å². The van der Waals surface area contributed by atoms with E-state index in [0.717, 1.165) is 24.3 Å². The monoisotopic (exact) mass is 289 g/mol. The Morgan fingerprint density at radius 3 is 2.67 bits per heavy atom. The molecule has 1 fully saturated rings. The molecule has 1 aliphatic rings. The maximum atomic E-state index is 12.7. The van der Waals surface area contributed by atoms with Crippen molar-refractivity contribution < 1.29 is 9.53 Å². The maximum absolute atomic E-state index is 12.7. The van der Waals surface area contributed by atoms with Crippen molar-refractivity contribution in [3.05, 3.63) is 24.3 Å². The smallest absolute Gasteiger partial charge is 0.227 e. The Hall–Kier alpha value is -1.51. The molecule has 1 N–H and O–H groups in total. The summed E-state index contributed by atoms with van der Waals surface area (Å²) >= 11 is 0. The lowest BCUT2D eigenvalue weighted by molar-refractivity contribution is -0.124. The minimum absolute atomic E-state index is 0.110. The van der Waals surface area contributed by atoms with Gasteiger partial charge < -0.3 is 10.1 Å². The second-order valence-electron chi connectivity index (χ2n) is 6.62. The second kappa shape index (κ2) is 6.97. The van der Waals surface area contributed by atoms with Gasteiger partial charge in [-0.15, -0.1) is 0 Å². The molecule has 3 heteroatoms. The van der Waals surface area contributed by atoms with Gasteiger partial charge in [0.15, 0.2) is 0 Å². The molecule has 116 valence electrons. The molecule has 0 saturated heterocycles. The van der Waals surface area contributed by atoms with Gasteiger partial charge in [-0.1, -0.05) is 39.3 Å². The van der Waals surface area contributed by atoms with Gasteiger partial charge in [-0.05, 0) is 42.7 Å². The third kappa shape index (κ3) is 3.78. The molecule has 1 saturated carbocycles. The number of amides is 1. The van der Waals surface area contributed by atoms with Crippen molar-refractivity contribution in [2.75, 3.05) is 12.4 Å². The highest BCUT2D eigenvalue weighted by Crippen LogP contribution is 2.39. The summed E-state index contributed by atoms with van der Waals surface area (Å²) in [5.74, 6) is 2.63. The van der Waals surface area contributed by atoms with Crippen molar-refractivity contribution in [3.63, 3.8) is 0 Å². The van der Waals surface area contributed by atoms with Crippen LogP contribution in [0.1, 0.15) is 40.0 Å². The van der Waals surface area contributed by atoms with Crippen molar-refractivity contribution in [2.45, 2.75) is 40.0 Å². The molecule has 1 aliphatic carbocycles. The first kappa shape index (κ1) is 15.9. The van der Waals surface area contributed by atoms with Crippen molar-refractivity contribution in [1.29, 1.82) is 0 Å². The molecule has 0 aromatic heterocycles. The molecular formula is C18H27NO2. The number of anilines is 1. The summed E-state index contributed by atoms with van der Waals surface area (Å²) in [6.45, 7) is 6.70. The van der Waals surface area contributed by atoms with Crippen LogP contribution in [0.25, 0.3) is 0 Å². The molecule has 1 amide bonds. The third-order valence-electron chi connectivity index (χ3n) is 4.72. The van der Waals surface area contributed by atoms with Gasteiger partial charge in [0.1, 0.15) is 5.75 Å². The van der Waals surface area contributed by atoms with Gasteiger partial charge in [0.05, 0.1) is 12.8 Å². The van der Waals surface area contributed by atoms with Crippen molar-refractivity contribution in [2.24, 2.45) is 23.7 Å². The van der Waals surface area contributed by atoms with Crippen LogP contribution in [0.5, 0.6) is 5.75 Å². The van der Waals surface area contributed by atoms with Crippen LogP contribution in [-0.2, 0) is 4.79 Å². The maximum Gasteiger partial charge on any atom is 0.227 e. The number of hydrogen-bond donors (Lipinski definition) is 1. The number of methoxy groups -OCH3 is 1. The zero-order chi connectivity index (χ0) is 15.4. The molecule has 3 unspecified atom stereocenters. The van der Waals surface area contributed by atoms with Crippen LogP contribution in [0.2, 0.25) is 0 Å². The summed E-state index contributed by atoms with van der Waals surface area (Å²) < 4.78 is 5.31. The largest absolute Gasteiger partial charge is 0.495 e. The van der Waals surface area contributed by atoms with E-state index in [1.54, 1.807) is 7.11 Å². The lowest BCUT2D eigenvalue weighted by Gasteiger charge is -2.36. The first-order chi connectivity index (χ1) is 10.0. The van der Waals surface area contributed by atoms with Gasteiger partial charge in [-0.3, -0.25) is 4.79 Å². The van der Waals surface area contributed by atoms with Crippen LogP contribution >= 0.6 is 0 Å². The molecule has 0 aliphatic heterocycles. The Morgan fingerprint density at radius 2 is 2.00 bits per heavy atom. The second-order valence-corrected chi connectivity index (χ2v) is 6.62. The van der Waals surface area contributed by atoms with E-state index < -0.39 is 0 Å². The number of ether oxygens (including phenoxy) is 1. The highest BCUT2D eigenvalue weighted by molar-refractivity contribution is 5.94. The summed E-state index contributed by atoms with van der Waals surface area (Å²) in [7, 11) is 1.63. The lowest BCUT2D eigenvalue weighted by Crippen LogP contribution is -2.36. The van der Waals surface area contributed by atoms with Crippen LogP contribution in [0.4, 0.5) is 5.69 Å². The van der Waals surface area contributed by atoms with Gasteiger partial charge in [-0.25, -0.2) is 0 Å². The van der Waals surface area contributed by atoms with E-state index in [9.17, 15) is 4.79 Å². The Morgan fingerprint density at radius 1 is 1.29 bits per heavy atom. The highest BCUT2D eigenvalue weighted by atomic mass is 16.5. The molecule has 3 atom stereocenters. The summed E-state index contributed by atoms with van der Waals surface area (Å²) in [6, 6.07) is 7.60. The summed E-state index contributed by atoms with van der Waals surface area (Å²) in [4.78, 5) is 12.7.